The fourth-order valence-corrected chi connectivity index (χ4v) is 6.05. The molecule has 3 aromatic rings. The number of rotatable bonds is 11. The highest BCUT2D eigenvalue weighted by Gasteiger charge is 2.22. The first kappa shape index (κ1) is 26.6. The molecule has 0 atom stereocenters. The monoisotopic (exact) mass is 535 g/mol. The largest absolute Gasteiger partial charge is 0.495 e. The van der Waals surface area contributed by atoms with Crippen molar-refractivity contribution in [1.29, 1.82) is 0 Å². The van der Waals surface area contributed by atoms with Gasteiger partial charge in [0.15, 0.2) is 4.34 Å². The fourth-order valence-electron chi connectivity index (χ4n) is 3.04. The summed E-state index contributed by atoms with van der Waals surface area (Å²) in [5.74, 6) is -0.0211. The summed E-state index contributed by atoms with van der Waals surface area (Å²) >= 11 is 2.32. The van der Waals surface area contributed by atoms with Gasteiger partial charge in [0.25, 0.3) is 5.91 Å². The van der Waals surface area contributed by atoms with E-state index in [0.29, 0.717) is 28.9 Å². The zero-order valence-corrected chi connectivity index (χ0v) is 21.8. The number of aromatic nitrogens is 2. The van der Waals surface area contributed by atoms with E-state index < -0.39 is 15.9 Å². The first-order valence-electron chi connectivity index (χ1n) is 10.6. The third-order valence-electron chi connectivity index (χ3n) is 4.79. The number of para-hydroxylation sites is 2. The number of hydrogen-bond donors (Lipinski definition) is 2. The number of nitrogens with one attached hydrogen (secondary N) is 2. The number of nitrogens with zero attached hydrogens (tertiary/aromatic N) is 3. The summed E-state index contributed by atoms with van der Waals surface area (Å²) in [5.41, 5.74) is 0.853. The Hall–Kier alpha value is -3.00. The summed E-state index contributed by atoms with van der Waals surface area (Å²) in [6.07, 6.45) is 0. The number of methoxy groups -OCH3 is 1. The van der Waals surface area contributed by atoms with Gasteiger partial charge in [-0.3, -0.25) is 14.9 Å². The third kappa shape index (κ3) is 6.78. The Kier molecular flexibility index (Phi) is 9.20. The Labute approximate surface area is 212 Å². The standard InChI is InChI=1S/C22H25N5O5S3/c1-4-27(5-2)35(30,31)16-12-10-15(11-13-16)20(29)24-21-25-26-22(34-21)33-14-19(28)23-17-8-6-7-9-18(17)32-3/h6-13H,4-5,14H2,1-3H3,(H,23,28)(H,24,25,29). The summed E-state index contributed by atoms with van der Waals surface area (Å²) in [5, 5.41) is 13.6. The average molecular weight is 536 g/mol. The van der Waals surface area contributed by atoms with Crippen LogP contribution in [-0.4, -0.2) is 60.7 Å². The van der Waals surface area contributed by atoms with Crippen molar-refractivity contribution in [3.63, 3.8) is 0 Å². The first-order chi connectivity index (χ1) is 16.8. The summed E-state index contributed by atoms with van der Waals surface area (Å²) in [4.78, 5) is 24.9. The molecule has 0 fully saturated rings. The van der Waals surface area contributed by atoms with Gasteiger partial charge in [0.1, 0.15) is 5.75 Å². The number of benzene rings is 2. The van der Waals surface area contributed by atoms with Gasteiger partial charge in [-0.25, -0.2) is 8.42 Å². The van der Waals surface area contributed by atoms with E-state index in [9.17, 15) is 18.0 Å². The van der Waals surface area contributed by atoms with Crippen molar-refractivity contribution in [2.75, 3.05) is 36.6 Å². The number of ether oxygens (including phenoxy) is 1. The summed E-state index contributed by atoms with van der Waals surface area (Å²) < 4.78 is 32.2. The first-order valence-corrected chi connectivity index (χ1v) is 13.8. The molecule has 10 nitrogen and oxygen atoms in total. The van der Waals surface area contributed by atoms with E-state index in [1.165, 1.54) is 47.4 Å². The van der Waals surface area contributed by atoms with E-state index in [-0.39, 0.29) is 27.3 Å². The van der Waals surface area contributed by atoms with Crippen LogP contribution >= 0.6 is 23.1 Å². The maximum Gasteiger partial charge on any atom is 0.257 e. The fraction of sp³-hybridized carbons (Fsp3) is 0.273. The van der Waals surface area contributed by atoms with Crippen LogP contribution in [0.4, 0.5) is 10.8 Å². The van der Waals surface area contributed by atoms with Crippen molar-refractivity contribution in [1.82, 2.24) is 14.5 Å². The Morgan fingerprint density at radius 1 is 1.03 bits per heavy atom. The minimum absolute atomic E-state index is 0.100. The molecule has 0 aliphatic carbocycles. The molecule has 3 rings (SSSR count). The van der Waals surface area contributed by atoms with Gasteiger partial charge in [-0.05, 0) is 36.4 Å². The lowest BCUT2D eigenvalue weighted by atomic mass is 10.2. The minimum Gasteiger partial charge on any atom is -0.495 e. The molecular formula is C22H25N5O5S3. The van der Waals surface area contributed by atoms with Gasteiger partial charge in [0.2, 0.25) is 21.1 Å². The Balaban J connectivity index is 1.56. The Morgan fingerprint density at radius 2 is 1.71 bits per heavy atom. The molecular weight excluding hydrogens is 510 g/mol. The van der Waals surface area contributed by atoms with Crippen LogP contribution in [0.5, 0.6) is 5.75 Å². The summed E-state index contributed by atoms with van der Waals surface area (Å²) in [6, 6.07) is 12.8. The molecule has 0 aliphatic heterocycles. The SMILES string of the molecule is CCN(CC)S(=O)(=O)c1ccc(C(=O)Nc2nnc(SCC(=O)Nc3ccccc3OC)s2)cc1. The molecule has 0 bridgehead atoms. The van der Waals surface area contributed by atoms with E-state index in [4.69, 9.17) is 4.74 Å². The second kappa shape index (κ2) is 12.1. The Bertz CT molecular complexity index is 1270. The van der Waals surface area contributed by atoms with E-state index in [1.807, 2.05) is 6.07 Å². The predicted molar refractivity (Wildman–Crippen MR) is 137 cm³/mol. The molecule has 1 heterocycles. The third-order valence-corrected chi connectivity index (χ3v) is 8.83. The number of carbonyl (C=O) groups is 2. The van der Waals surface area contributed by atoms with Crippen LogP contribution in [0.15, 0.2) is 57.8 Å². The van der Waals surface area contributed by atoms with E-state index >= 15 is 0 Å². The lowest BCUT2D eigenvalue weighted by Gasteiger charge is -2.18. The number of hydrogen-bond acceptors (Lipinski definition) is 9. The molecule has 0 radical (unpaired) electrons. The summed E-state index contributed by atoms with van der Waals surface area (Å²) in [7, 11) is -2.07. The molecule has 0 unspecified atom stereocenters. The van der Waals surface area contributed by atoms with Crippen LogP contribution < -0.4 is 15.4 Å². The maximum atomic E-state index is 12.6. The molecule has 13 heteroatoms. The number of amides is 2. The predicted octanol–water partition coefficient (Wildman–Crippen LogP) is 3.56. The van der Waals surface area contributed by atoms with Crippen molar-refractivity contribution >= 4 is 55.8 Å². The van der Waals surface area contributed by atoms with Crippen LogP contribution in [-0.2, 0) is 14.8 Å². The molecule has 1 aromatic heterocycles. The van der Waals surface area contributed by atoms with Gasteiger partial charge in [-0.15, -0.1) is 10.2 Å². The minimum atomic E-state index is -3.60. The molecule has 2 N–H and O–H groups in total. The number of carbonyl (C=O) groups excluding carboxylic acids is 2. The average Bonchev–Trinajstić information content (AvgIpc) is 3.31. The Morgan fingerprint density at radius 3 is 2.37 bits per heavy atom. The quantitative estimate of drug-likeness (QED) is 0.282. The van der Waals surface area contributed by atoms with Crippen LogP contribution in [0, 0.1) is 0 Å². The highest BCUT2D eigenvalue weighted by Crippen LogP contribution is 2.27. The number of thioether (sulfide) groups is 1. The second-order valence-electron chi connectivity index (χ2n) is 6.98. The zero-order chi connectivity index (χ0) is 25.4. The van der Waals surface area contributed by atoms with E-state index in [2.05, 4.69) is 20.8 Å². The summed E-state index contributed by atoms with van der Waals surface area (Å²) in [6.45, 7) is 4.26. The van der Waals surface area contributed by atoms with Crippen LogP contribution in [0.2, 0.25) is 0 Å². The molecule has 186 valence electrons. The lowest BCUT2D eigenvalue weighted by molar-refractivity contribution is -0.113. The van der Waals surface area contributed by atoms with Gasteiger partial charge in [-0.2, -0.15) is 4.31 Å². The molecule has 0 spiro atoms. The van der Waals surface area contributed by atoms with Gasteiger partial charge < -0.3 is 10.1 Å². The maximum absolute atomic E-state index is 12.6. The van der Waals surface area contributed by atoms with E-state index in [1.54, 1.807) is 32.0 Å². The normalized spacial score (nSPS) is 11.3. The zero-order valence-electron chi connectivity index (χ0n) is 19.3. The molecule has 2 aromatic carbocycles. The molecule has 0 saturated carbocycles. The van der Waals surface area contributed by atoms with Gasteiger partial charge in [0, 0.05) is 18.7 Å². The van der Waals surface area contributed by atoms with Crippen molar-refractivity contribution in [3.05, 3.63) is 54.1 Å². The number of sulfonamides is 1. The highest BCUT2D eigenvalue weighted by atomic mass is 32.2. The van der Waals surface area contributed by atoms with E-state index in [0.717, 1.165) is 11.3 Å². The topological polar surface area (TPSA) is 131 Å². The molecule has 2 amide bonds. The van der Waals surface area contributed by atoms with Crippen molar-refractivity contribution in [2.24, 2.45) is 0 Å². The van der Waals surface area contributed by atoms with Crippen molar-refractivity contribution in [3.8, 4) is 5.75 Å². The smallest absolute Gasteiger partial charge is 0.257 e. The van der Waals surface area contributed by atoms with Crippen LogP contribution in [0.3, 0.4) is 0 Å². The number of anilines is 2. The highest BCUT2D eigenvalue weighted by molar-refractivity contribution is 8.01. The van der Waals surface area contributed by atoms with Crippen LogP contribution in [0.1, 0.15) is 24.2 Å². The van der Waals surface area contributed by atoms with Crippen molar-refractivity contribution in [2.45, 2.75) is 23.1 Å². The second-order valence-corrected chi connectivity index (χ2v) is 11.1. The molecule has 0 aliphatic rings. The van der Waals surface area contributed by atoms with Gasteiger partial charge in [-0.1, -0.05) is 49.1 Å². The van der Waals surface area contributed by atoms with Gasteiger partial charge >= 0.3 is 0 Å². The van der Waals surface area contributed by atoms with Gasteiger partial charge in [0.05, 0.1) is 23.4 Å². The van der Waals surface area contributed by atoms with Crippen molar-refractivity contribution < 1.29 is 22.7 Å². The molecule has 35 heavy (non-hydrogen) atoms. The van der Waals surface area contributed by atoms with Crippen LogP contribution in [0.25, 0.3) is 0 Å². The molecule has 0 saturated heterocycles. The lowest BCUT2D eigenvalue weighted by Crippen LogP contribution is -2.30.